The Morgan fingerprint density at radius 2 is 2.19 bits per heavy atom. The molecule has 0 saturated carbocycles. The van der Waals surface area contributed by atoms with Crippen LogP contribution in [0.25, 0.3) is 0 Å². The van der Waals surface area contributed by atoms with E-state index in [4.69, 9.17) is 9.47 Å². The number of Topliss-reactive ketones (excluding diaryl/α,β-unsaturated/α-hetero) is 1. The first-order valence-electron chi connectivity index (χ1n) is 7.66. The van der Waals surface area contributed by atoms with Crippen LogP contribution in [0.3, 0.4) is 0 Å². The minimum atomic E-state index is -2.99. The van der Waals surface area contributed by atoms with Gasteiger partial charge in [-0.05, 0) is 12.8 Å². The van der Waals surface area contributed by atoms with Gasteiger partial charge < -0.3 is 14.8 Å². The van der Waals surface area contributed by atoms with Crippen molar-refractivity contribution in [2.24, 2.45) is 5.92 Å². The SMILES string of the molecule is O=C(CC1CS(=O)(=O)CCN1)C1CCOC2(CCOC2)C1. The zero-order chi connectivity index (χ0) is 14.9. The summed E-state index contributed by atoms with van der Waals surface area (Å²) in [5.41, 5.74) is -0.273. The Kier molecular flexibility index (Phi) is 4.36. The van der Waals surface area contributed by atoms with Gasteiger partial charge in [0.25, 0.3) is 0 Å². The van der Waals surface area contributed by atoms with Crippen molar-refractivity contribution in [1.29, 1.82) is 0 Å². The van der Waals surface area contributed by atoms with Gasteiger partial charge in [-0.25, -0.2) is 8.42 Å². The van der Waals surface area contributed by atoms with E-state index in [1.807, 2.05) is 0 Å². The molecule has 3 rings (SSSR count). The summed E-state index contributed by atoms with van der Waals surface area (Å²) in [5.74, 6) is 0.400. The van der Waals surface area contributed by atoms with Gasteiger partial charge in [0.2, 0.25) is 0 Å². The largest absolute Gasteiger partial charge is 0.378 e. The highest BCUT2D eigenvalue weighted by Gasteiger charge is 2.43. The molecule has 0 aromatic heterocycles. The van der Waals surface area contributed by atoms with E-state index in [-0.39, 0.29) is 34.8 Å². The highest BCUT2D eigenvalue weighted by molar-refractivity contribution is 7.91. The molecule has 3 aliphatic rings. The topological polar surface area (TPSA) is 81.7 Å². The van der Waals surface area contributed by atoms with Crippen molar-refractivity contribution >= 4 is 15.6 Å². The van der Waals surface area contributed by atoms with Crippen LogP contribution in [-0.4, -0.2) is 63.7 Å². The number of ether oxygens (including phenoxy) is 2. The van der Waals surface area contributed by atoms with Crippen molar-refractivity contribution in [1.82, 2.24) is 5.32 Å². The molecule has 7 heteroatoms. The number of hydrogen-bond acceptors (Lipinski definition) is 6. The Bertz CT molecular complexity index is 497. The molecule has 6 nitrogen and oxygen atoms in total. The minimum absolute atomic E-state index is 0.0214. The van der Waals surface area contributed by atoms with E-state index in [9.17, 15) is 13.2 Å². The summed E-state index contributed by atoms with van der Waals surface area (Å²) in [6.45, 7) is 2.32. The normalized spacial score (nSPS) is 39.4. The van der Waals surface area contributed by atoms with Crippen molar-refractivity contribution in [2.75, 3.05) is 37.9 Å². The number of hydrogen-bond donors (Lipinski definition) is 1. The van der Waals surface area contributed by atoms with E-state index in [1.165, 1.54) is 0 Å². The fourth-order valence-corrected chi connectivity index (χ4v) is 5.02. The maximum absolute atomic E-state index is 12.5. The standard InChI is InChI=1S/C14H23NO5S/c16-13(7-12-9-21(17,18)6-3-15-12)11-1-4-20-14(8-11)2-5-19-10-14/h11-12,15H,1-10H2. The molecule has 1 N–H and O–H groups in total. The molecular weight excluding hydrogens is 294 g/mol. The molecule has 0 aliphatic carbocycles. The van der Waals surface area contributed by atoms with Gasteiger partial charge in [0, 0.05) is 44.6 Å². The predicted octanol–water partition coefficient (Wildman–Crippen LogP) is -0.0821. The fraction of sp³-hybridized carbons (Fsp3) is 0.929. The first-order valence-corrected chi connectivity index (χ1v) is 9.48. The second kappa shape index (κ2) is 5.95. The second-order valence-corrected chi connectivity index (χ2v) is 8.69. The zero-order valence-electron chi connectivity index (χ0n) is 12.2. The highest BCUT2D eigenvalue weighted by Crippen LogP contribution is 2.36. The lowest BCUT2D eigenvalue weighted by Gasteiger charge is -2.37. The van der Waals surface area contributed by atoms with Gasteiger partial charge >= 0.3 is 0 Å². The first-order chi connectivity index (χ1) is 9.98. The summed E-state index contributed by atoms with van der Waals surface area (Å²) in [5, 5.41) is 3.15. The number of carbonyl (C=O) groups is 1. The monoisotopic (exact) mass is 317 g/mol. The molecule has 0 radical (unpaired) electrons. The quantitative estimate of drug-likeness (QED) is 0.784. The molecule has 3 aliphatic heterocycles. The van der Waals surface area contributed by atoms with Gasteiger partial charge in [0.1, 0.15) is 5.78 Å². The number of ketones is 1. The molecule has 0 aromatic rings. The zero-order valence-corrected chi connectivity index (χ0v) is 13.0. The number of nitrogens with one attached hydrogen (secondary N) is 1. The summed E-state index contributed by atoms with van der Waals surface area (Å²) in [4.78, 5) is 12.5. The predicted molar refractivity (Wildman–Crippen MR) is 76.9 cm³/mol. The van der Waals surface area contributed by atoms with Crippen LogP contribution in [0, 0.1) is 5.92 Å². The lowest BCUT2D eigenvalue weighted by molar-refractivity contribution is -0.137. The Morgan fingerprint density at radius 1 is 1.33 bits per heavy atom. The second-order valence-electron chi connectivity index (χ2n) is 6.46. The fourth-order valence-electron chi connectivity index (χ4n) is 3.57. The van der Waals surface area contributed by atoms with Crippen LogP contribution in [0.2, 0.25) is 0 Å². The van der Waals surface area contributed by atoms with E-state index >= 15 is 0 Å². The Morgan fingerprint density at radius 3 is 2.90 bits per heavy atom. The highest BCUT2D eigenvalue weighted by atomic mass is 32.2. The van der Waals surface area contributed by atoms with Crippen LogP contribution in [-0.2, 0) is 24.1 Å². The van der Waals surface area contributed by atoms with Gasteiger partial charge in [-0.2, -0.15) is 0 Å². The number of sulfone groups is 1. The third-order valence-corrected chi connectivity index (χ3v) is 6.50. The lowest BCUT2D eigenvalue weighted by Crippen LogP contribution is -2.48. The van der Waals surface area contributed by atoms with Gasteiger partial charge in [-0.3, -0.25) is 4.79 Å². The van der Waals surface area contributed by atoms with E-state index < -0.39 is 9.84 Å². The van der Waals surface area contributed by atoms with E-state index in [0.29, 0.717) is 39.2 Å². The molecule has 3 saturated heterocycles. The average molecular weight is 317 g/mol. The van der Waals surface area contributed by atoms with Crippen LogP contribution in [0.1, 0.15) is 25.7 Å². The molecule has 3 heterocycles. The van der Waals surface area contributed by atoms with Crippen molar-refractivity contribution in [2.45, 2.75) is 37.3 Å². The maximum atomic E-state index is 12.5. The molecule has 120 valence electrons. The van der Waals surface area contributed by atoms with Gasteiger partial charge in [0.15, 0.2) is 9.84 Å². The Balaban J connectivity index is 1.57. The smallest absolute Gasteiger partial charge is 0.153 e. The van der Waals surface area contributed by atoms with E-state index in [2.05, 4.69) is 5.32 Å². The van der Waals surface area contributed by atoms with Crippen molar-refractivity contribution < 1.29 is 22.7 Å². The molecule has 21 heavy (non-hydrogen) atoms. The lowest BCUT2D eigenvalue weighted by atomic mass is 9.81. The van der Waals surface area contributed by atoms with Crippen LogP contribution in [0.15, 0.2) is 0 Å². The molecule has 3 atom stereocenters. The van der Waals surface area contributed by atoms with E-state index in [0.717, 1.165) is 12.8 Å². The minimum Gasteiger partial charge on any atom is -0.378 e. The summed E-state index contributed by atoms with van der Waals surface area (Å²) in [6.07, 6.45) is 2.61. The van der Waals surface area contributed by atoms with Crippen LogP contribution >= 0.6 is 0 Å². The summed E-state index contributed by atoms with van der Waals surface area (Å²) < 4.78 is 34.5. The van der Waals surface area contributed by atoms with Crippen molar-refractivity contribution in [3.63, 3.8) is 0 Å². The van der Waals surface area contributed by atoms with Crippen molar-refractivity contribution in [3.05, 3.63) is 0 Å². The average Bonchev–Trinajstić information content (AvgIpc) is 2.85. The molecule has 0 aromatic carbocycles. The molecule has 0 amide bonds. The Hall–Kier alpha value is -0.500. The molecular formula is C14H23NO5S. The maximum Gasteiger partial charge on any atom is 0.153 e. The Labute approximate surface area is 125 Å². The third-order valence-electron chi connectivity index (χ3n) is 4.76. The number of rotatable bonds is 3. The van der Waals surface area contributed by atoms with E-state index in [1.54, 1.807) is 0 Å². The summed E-state index contributed by atoms with van der Waals surface area (Å²) in [6, 6.07) is -0.227. The summed E-state index contributed by atoms with van der Waals surface area (Å²) in [7, 11) is -2.99. The molecule has 1 spiro atoms. The number of carbonyl (C=O) groups excluding carboxylic acids is 1. The van der Waals surface area contributed by atoms with Crippen LogP contribution < -0.4 is 5.32 Å². The summed E-state index contributed by atoms with van der Waals surface area (Å²) >= 11 is 0. The van der Waals surface area contributed by atoms with Gasteiger partial charge in [0.05, 0.1) is 23.7 Å². The third kappa shape index (κ3) is 3.64. The van der Waals surface area contributed by atoms with Gasteiger partial charge in [-0.1, -0.05) is 0 Å². The molecule has 3 fully saturated rings. The first kappa shape index (κ1) is 15.4. The molecule has 3 unspecified atom stereocenters. The van der Waals surface area contributed by atoms with Crippen LogP contribution in [0.4, 0.5) is 0 Å². The molecule has 0 bridgehead atoms. The van der Waals surface area contributed by atoms with Gasteiger partial charge in [-0.15, -0.1) is 0 Å². The van der Waals surface area contributed by atoms with Crippen molar-refractivity contribution in [3.8, 4) is 0 Å². The van der Waals surface area contributed by atoms with Crippen LogP contribution in [0.5, 0.6) is 0 Å².